The van der Waals surface area contributed by atoms with Crippen LogP contribution in [-0.4, -0.2) is 37.5 Å². The zero-order valence-corrected chi connectivity index (χ0v) is 15.2. The Hall–Kier alpha value is -1.31. The number of guanidine groups is 1. The second-order valence-corrected chi connectivity index (χ2v) is 5.53. The molecule has 1 heterocycles. The number of nitrogens with one attached hydrogen (secondary N) is 2. The van der Waals surface area contributed by atoms with Gasteiger partial charge in [0.1, 0.15) is 0 Å². The van der Waals surface area contributed by atoms with E-state index in [0.717, 1.165) is 23.8 Å². The van der Waals surface area contributed by atoms with E-state index >= 15 is 0 Å². The highest BCUT2D eigenvalue weighted by atomic mass is 127. The molecule has 6 heteroatoms. The molecule has 1 saturated carbocycles. The average Bonchev–Trinajstić information content (AvgIpc) is 3.23. The third kappa shape index (κ3) is 4.12. The molecule has 2 N–H and O–H groups in total. The lowest BCUT2D eigenvalue weighted by molar-refractivity contribution is -0.117. The molecule has 0 spiro atoms. The van der Waals surface area contributed by atoms with Crippen molar-refractivity contribution in [3.05, 3.63) is 29.8 Å². The van der Waals surface area contributed by atoms with E-state index in [4.69, 9.17) is 0 Å². The number of benzene rings is 1. The Labute approximate surface area is 148 Å². The molecule has 0 bridgehead atoms. The first-order chi connectivity index (χ1) is 10.3. The molecule has 1 amide bonds. The van der Waals surface area contributed by atoms with Crippen molar-refractivity contribution in [2.24, 2.45) is 4.99 Å². The fourth-order valence-electron chi connectivity index (χ4n) is 2.56. The van der Waals surface area contributed by atoms with E-state index in [0.29, 0.717) is 25.6 Å². The van der Waals surface area contributed by atoms with E-state index in [1.165, 1.54) is 12.8 Å². The number of hydrogen-bond donors (Lipinski definition) is 2. The molecule has 0 aromatic heterocycles. The Kier molecular flexibility index (Phi) is 6.05. The number of hydrogen-bond acceptors (Lipinski definition) is 2. The normalized spacial score (nSPS) is 17.0. The molecular weight excluding hydrogens is 391 g/mol. The highest BCUT2D eigenvalue weighted by Gasteiger charge is 2.26. The molecular formula is C16H23IN4O. The van der Waals surface area contributed by atoms with E-state index in [9.17, 15) is 4.79 Å². The van der Waals surface area contributed by atoms with Crippen LogP contribution in [0.2, 0.25) is 0 Å². The summed E-state index contributed by atoms with van der Waals surface area (Å²) < 4.78 is 0. The van der Waals surface area contributed by atoms with Gasteiger partial charge in [-0.15, -0.1) is 24.0 Å². The van der Waals surface area contributed by atoms with Crippen LogP contribution in [0.5, 0.6) is 0 Å². The molecule has 1 aromatic carbocycles. The average molecular weight is 414 g/mol. The number of carbonyl (C=O) groups is 1. The number of anilines is 1. The molecule has 5 nitrogen and oxygen atoms in total. The zero-order valence-electron chi connectivity index (χ0n) is 12.8. The topological polar surface area (TPSA) is 56.7 Å². The number of nitrogens with zero attached hydrogens (tertiary/aromatic N) is 2. The maximum absolute atomic E-state index is 12.1. The predicted molar refractivity (Wildman–Crippen MR) is 100 cm³/mol. The molecule has 1 aliphatic carbocycles. The van der Waals surface area contributed by atoms with Crippen LogP contribution in [0, 0.1) is 0 Å². The Morgan fingerprint density at radius 3 is 2.86 bits per heavy atom. The maximum atomic E-state index is 12.1. The lowest BCUT2D eigenvalue weighted by Crippen LogP contribution is -2.39. The van der Waals surface area contributed by atoms with Crippen molar-refractivity contribution in [1.82, 2.24) is 10.6 Å². The van der Waals surface area contributed by atoms with Crippen molar-refractivity contribution in [3.8, 4) is 0 Å². The van der Waals surface area contributed by atoms with E-state index in [1.54, 1.807) is 0 Å². The lowest BCUT2D eigenvalue weighted by atomic mass is 10.2. The first kappa shape index (κ1) is 17.1. The second-order valence-electron chi connectivity index (χ2n) is 5.53. The second kappa shape index (κ2) is 7.80. The standard InChI is InChI=1S/C16H22N4O.HI/c1-2-17-16(19-13-7-8-13)18-9-10-20-14-6-4-3-5-12(14)11-15(20)21;/h3-6,13H,2,7-11H2,1H3,(H2,17,18,19);1H. The van der Waals surface area contributed by atoms with Crippen molar-refractivity contribution in [2.75, 3.05) is 24.5 Å². The summed E-state index contributed by atoms with van der Waals surface area (Å²) in [5.74, 6) is 1.03. The van der Waals surface area contributed by atoms with Gasteiger partial charge in [0.05, 0.1) is 13.0 Å². The van der Waals surface area contributed by atoms with Crippen molar-refractivity contribution in [2.45, 2.75) is 32.2 Å². The van der Waals surface area contributed by atoms with Gasteiger partial charge in [0.2, 0.25) is 5.91 Å². The van der Waals surface area contributed by atoms with Crippen LogP contribution in [-0.2, 0) is 11.2 Å². The van der Waals surface area contributed by atoms with Crippen LogP contribution in [0.25, 0.3) is 0 Å². The SMILES string of the molecule is CCNC(=NCCN1C(=O)Cc2ccccc21)NC1CC1.I. The summed E-state index contributed by atoms with van der Waals surface area (Å²) >= 11 is 0. The van der Waals surface area contributed by atoms with Crippen LogP contribution in [0.15, 0.2) is 29.3 Å². The van der Waals surface area contributed by atoms with Gasteiger partial charge in [0.25, 0.3) is 0 Å². The maximum Gasteiger partial charge on any atom is 0.231 e. The number of halogens is 1. The van der Waals surface area contributed by atoms with Crippen LogP contribution in [0.3, 0.4) is 0 Å². The zero-order chi connectivity index (χ0) is 14.7. The summed E-state index contributed by atoms with van der Waals surface area (Å²) in [4.78, 5) is 18.5. The van der Waals surface area contributed by atoms with Crippen molar-refractivity contribution in [3.63, 3.8) is 0 Å². The minimum atomic E-state index is 0. The third-order valence-electron chi connectivity index (χ3n) is 3.78. The quantitative estimate of drug-likeness (QED) is 0.440. The highest BCUT2D eigenvalue weighted by Crippen LogP contribution is 2.27. The van der Waals surface area contributed by atoms with Crippen molar-refractivity contribution >= 4 is 41.5 Å². The van der Waals surface area contributed by atoms with Crippen molar-refractivity contribution < 1.29 is 4.79 Å². The Bertz CT molecular complexity index is 557. The summed E-state index contributed by atoms with van der Waals surface area (Å²) in [7, 11) is 0. The van der Waals surface area contributed by atoms with Crippen molar-refractivity contribution in [1.29, 1.82) is 0 Å². The summed E-state index contributed by atoms with van der Waals surface area (Å²) in [6.07, 6.45) is 2.96. The highest BCUT2D eigenvalue weighted by molar-refractivity contribution is 14.0. The molecule has 3 rings (SSSR count). The molecule has 1 aliphatic heterocycles. The minimum Gasteiger partial charge on any atom is -0.357 e. The van der Waals surface area contributed by atoms with Gasteiger partial charge in [-0.2, -0.15) is 0 Å². The fourth-order valence-corrected chi connectivity index (χ4v) is 2.56. The molecule has 0 radical (unpaired) electrons. The number of aliphatic imine (C=N–C) groups is 1. The third-order valence-corrected chi connectivity index (χ3v) is 3.78. The Balaban J connectivity index is 0.00000176. The van der Waals surface area contributed by atoms with Gasteiger partial charge in [0.15, 0.2) is 5.96 Å². The molecule has 2 aliphatic rings. The molecule has 0 saturated heterocycles. The smallest absolute Gasteiger partial charge is 0.231 e. The van der Waals surface area contributed by atoms with Gasteiger partial charge in [-0.25, -0.2) is 0 Å². The van der Waals surface area contributed by atoms with Gasteiger partial charge in [-0.1, -0.05) is 18.2 Å². The van der Waals surface area contributed by atoms with Crippen LogP contribution in [0.4, 0.5) is 5.69 Å². The van der Waals surface area contributed by atoms with E-state index in [1.807, 2.05) is 29.2 Å². The van der Waals surface area contributed by atoms with Crippen LogP contribution in [0.1, 0.15) is 25.3 Å². The first-order valence-corrected chi connectivity index (χ1v) is 7.71. The summed E-state index contributed by atoms with van der Waals surface area (Å²) in [6, 6.07) is 8.58. The molecule has 0 unspecified atom stereocenters. The predicted octanol–water partition coefficient (Wildman–Crippen LogP) is 1.91. The van der Waals surface area contributed by atoms with Gasteiger partial charge in [-0.05, 0) is 31.4 Å². The van der Waals surface area contributed by atoms with E-state index in [-0.39, 0.29) is 29.9 Å². The molecule has 1 aromatic rings. The summed E-state index contributed by atoms with van der Waals surface area (Å²) in [5, 5.41) is 6.63. The molecule has 1 fully saturated rings. The number of fused-ring (bicyclic) bond motifs is 1. The summed E-state index contributed by atoms with van der Waals surface area (Å²) in [5.41, 5.74) is 2.16. The first-order valence-electron chi connectivity index (χ1n) is 7.71. The largest absolute Gasteiger partial charge is 0.357 e. The number of amides is 1. The number of carbonyl (C=O) groups excluding carboxylic acids is 1. The number of rotatable bonds is 5. The minimum absolute atomic E-state index is 0. The molecule has 120 valence electrons. The van der Waals surface area contributed by atoms with Gasteiger partial charge >= 0.3 is 0 Å². The van der Waals surface area contributed by atoms with Crippen LogP contribution < -0.4 is 15.5 Å². The molecule has 0 atom stereocenters. The van der Waals surface area contributed by atoms with E-state index in [2.05, 4.69) is 22.5 Å². The fraction of sp³-hybridized carbons (Fsp3) is 0.500. The molecule has 22 heavy (non-hydrogen) atoms. The van der Waals surface area contributed by atoms with Gasteiger partial charge < -0.3 is 15.5 Å². The van der Waals surface area contributed by atoms with E-state index < -0.39 is 0 Å². The Morgan fingerprint density at radius 2 is 2.14 bits per heavy atom. The number of para-hydroxylation sites is 1. The van der Waals surface area contributed by atoms with Crippen LogP contribution >= 0.6 is 24.0 Å². The van der Waals surface area contributed by atoms with Gasteiger partial charge in [0, 0.05) is 24.8 Å². The lowest BCUT2D eigenvalue weighted by Gasteiger charge is -2.17. The Morgan fingerprint density at radius 1 is 1.36 bits per heavy atom. The summed E-state index contributed by atoms with van der Waals surface area (Å²) in [6.45, 7) is 4.16. The monoisotopic (exact) mass is 414 g/mol. The van der Waals surface area contributed by atoms with Gasteiger partial charge in [-0.3, -0.25) is 9.79 Å².